The van der Waals surface area contributed by atoms with Crippen LogP contribution in [0.25, 0.3) is 0 Å². The topological polar surface area (TPSA) is 51.2 Å². The average Bonchev–Trinajstić information content (AvgIpc) is 2.49. The van der Waals surface area contributed by atoms with Crippen LogP contribution in [0.15, 0.2) is 36.5 Å². The number of pyridine rings is 1. The molecule has 0 aliphatic heterocycles. The Labute approximate surface area is 127 Å². The van der Waals surface area contributed by atoms with Crippen molar-refractivity contribution in [3.8, 4) is 5.75 Å². The molecule has 0 fully saturated rings. The molecule has 1 aromatic heterocycles. The second-order valence-electron chi connectivity index (χ2n) is 4.83. The van der Waals surface area contributed by atoms with E-state index < -0.39 is 11.6 Å². The zero-order valence-electron chi connectivity index (χ0n) is 12.3. The van der Waals surface area contributed by atoms with Crippen LogP contribution in [0.2, 0.25) is 0 Å². The lowest BCUT2D eigenvalue weighted by atomic mass is 10.1. The molecule has 0 spiro atoms. The van der Waals surface area contributed by atoms with Crippen molar-refractivity contribution in [1.29, 1.82) is 0 Å². The Bertz CT molecular complexity index is 660. The first kappa shape index (κ1) is 15.9. The van der Waals surface area contributed by atoms with Crippen LogP contribution < -0.4 is 10.1 Å². The van der Waals surface area contributed by atoms with Crippen molar-refractivity contribution < 1.29 is 18.3 Å². The van der Waals surface area contributed by atoms with Crippen molar-refractivity contribution in [2.75, 3.05) is 7.11 Å². The van der Waals surface area contributed by atoms with Gasteiger partial charge in [0, 0.05) is 5.69 Å². The first-order valence-electron chi connectivity index (χ1n) is 6.73. The number of benzene rings is 1. The fraction of sp³-hybridized carbons (Fsp3) is 0.250. The molecule has 2 aromatic rings. The molecule has 0 bridgehead atoms. The predicted octanol–water partition coefficient (Wildman–Crippen LogP) is 2.79. The minimum atomic E-state index is -0.485. The normalized spacial score (nSPS) is 11.8. The molecule has 6 heteroatoms. The van der Waals surface area contributed by atoms with Crippen LogP contribution in [0.4, 0.5) is 8.78 Å². The number of hydrogen-bond acceptors (Lipinski definition) is 3. The molecule has 1 N–H and O–H groups in total. The summed E-state index contributed by atoms with van der Waals surface area (Å²) >= 11 is 0. The molecule has 4 nitrogen and oxygen atoms in total. The molecule has 0 saturated heterocycles. The van der Waals surface area contributed by atoms with E-state index in [2.05, 4.69) is 10.3 Å². The number of nitrogens with zero attached hydrogens (tertiary/aromatic N) is 1. The maximum Gasteiger partial charge on any atom is 0.226 e. The SMILES string of the molecule is COc1ccc(C(C)NC(=O)Cc2ccc(F)cn2)cc1F. The van der Waals surface area contributed by atoms with Gasteiger partial charge in [-0.1, -0.05) is 6.07 Å². The molecule has 22 heavy (non-hydrogen) atoms. The number of aromatic nitrogens is 1. The van der Waals surface area contributed by atoms with Crippen LogP contribution in [-0.4, -0.2) is 18.0 Å². The number of ether oxygens (including phenoxy) is 1. The van der Waals surface area contributed by atoms with Crippen LogP contribution in [0, 0.1) is 11.6 Å². The monoisotopic (exact) mass is 306 g/mol. The van der Waals surface area contributed by atoms with Crippen molar-refractivity contribution in [2.24, 2.45) is 0 Å². The Morgan fingerprint density at radius 1 is 1.32 bits per heavy atom. The minimum Gasteiger partial charge on any atom is -0.494 e. The van der Waals surface area contributed by atoms with Gasteiger partial charge >= 0.3 is 0 Å². The summed E-state index contributed by atoms with van der Waals surface area (Å²) in [6.07, 6.45) is 1.09. The van der Waals surface area contributed by atoms with Crippen molar-refractivity contribution in [1.82, 2.24) is 10.3 Å². The maximum absolute atomic E-state index is 13.6. The van der Waals surface area contributed by atoms with E-state index in [1.54, 1.807) is 13.0 Å². The molecular formula is C16H16F2N2O2. The van der Waals surface area contributed by atoms with Gasteiger partial charge in [-0.05, 0) is 36.8 Å². The zero-order valence-corrected chi connectivity index (χ0v) is 12.3. The molecule has 0 radical (unpaired) electrons. The molecule has 1 heterocycles. The number of hydrogen-bond donors (Lipinski definition) is 1. The Hall–Kier alpha value is -2.50. The van der Waals surface area contributed by atoms with Gasteiger partial charge in [0.15, 0.2) is 11.6 Å². The van der Waals surface area contributed by atoms with Crippen LogP contribution in [0.3, 0.4) is 0 Å². The highest BCUT2D eigenvalue weighted by molar-refractivity contribution is 5.78. The fourth-order valence-electron chi connectivity index (χ4n) is 2.00. The highest BCUT2D eigenvalue weighted by Gasteiger charge is 2.13. The van der Waals surface area contributed by atoms with Gasteiger partial charge in [0.05, 0.1) is 25.8 Å². The zero-order chi connectivity index (χ0) is 16.1. The fourth-order valence-corrected chi connectivity index (χ4v) is 2.00. The highest BCUT2D eigenvalue weighted by atomic mass is 19.1. The minimum absolute atomic E-state index is 0.0310. The van der Waals surface area contributed by atoms with Crippen LogP contribution in [0.5, 0.6) is 5.75 Å². The first-order valence-corrected chi connectivity index (χ1v) is 6.73. The number of carbonyl (C=O) groups is 1. The van der Waals surface area contributed by atoms with E-state index in [0.717, 1.165) is 6.20 Å². The number of amides is 1. The van der Waals surface area contributed by atoms with Crippen molar-refractivity contribution in [2.45, 2.75) is 19.4 Å². The molecule has 1 amide bonds. The summed E-state index contributed by atoms with van der Waals surface area (Å²) < 4.78 is 31.2. The summed E-state index contributed by atoms with van der Waals surface area (Å²) in [5.41, 5.74) is 1.09. The van der Waals surface area contributed by atoms with Crippen LogP contribution >= 0.6 is 0 Å². The number of methoxy groups -OCH3 is 1. The number of halogens is 2. The summed E-state index contributed by atoms with van der Waals surface area (Å²) in [6.45, 7) is 1.75. The number of rotatable bonds is 5. The molecule has 116 valence electrons. The van der Waals surface area contributed by atoms with E-state index in [4.69, 9.17) is 4.74 Å². The summed E-state index contributed by atoms with van der Waals surface area (Å²) in [6, 6.07) is 6.84. The van der Waals surface area contributed by atoms with E-state index >= 15 is 0 Å². The van der Waals surface area contributed by atoms with Crippen molar-refractivity contribution >= 4 is 5.91 Å². The standard InChI is InChI=1S/C16H16F2N2O2/c1-10(11-3-6-15(22-2)14(18)7-11)20-16(21)8-13-5-4-12(17)9-19-13/h3-7,9-10H,8H2,1-2H3,(H,20,21). The predicted molar refractivity (Wildman–Crippen MR) is 77.4 cm³/mol. The summed E-state index contributed by atoms with van der Waals surface area (Å²) in [7, 11) is 1.39. The quantitative estimate of drug-likeness (QED) is 0.924. The van der Waals surface area contributed by atoms with Crippen LogP contribution in [-0.2, 0) is 11.2 Å². The Kier molecular flexibility index (Phi) is 5.04. The van der Waals surface area contributed by atoms with Gasteiger partial charge in [-0.3, -0.25) is 9.78 Å². The van der Waals surface area contributed by atoms with Gasteiger partial charge in [-0.25, -0.2) is 8.78 Å². The Morgan fingerprint density at radius 3 is 2.68 bits per heavy atom. The third-order valence-electron chi connectivity index (χ3n) is 3.18. The molecule has 0 aliphatic rings. The molecule has 1 unspecified atom stereocenters. The lowest BCUT2D eigenvalue weighted by Crippen LogP contribution is -2.28. The van der Waals surface area contributed by atoms with E-state index in [0.29, 0.717) is 11.3 Å². The van der Waals surface area contributed by atoms with E-state index in [1.165, 1.54) is 31.4 Å². The van der Waals surface area contributed by atoms with E-state index in [9.17, 15) is 13.6 Å². The van der Waals surface area contributed by atoms with Gasteiger partial charge in [0.1, 0.15) is 5.82 Å². The number of nitrogens with one attached hydrogen (secondary N) is 1. The van der Waals surface area contributed by atoms with Gasteiger partial charge in [-0.15, -0.1) is 0 Å². The van der Waals surface area contributed by atoms with E-state index in [-0.39, 0.29) is 24.1 Å². The lowest BCUT2D eigenvalue weighted by molar-refractivity contribution is -0.121. The number of carbonyl (C=O) groups excluding carboxylic acids is 1. The Morgan fingerprint density at radius 2 is 2.09 bits per heavy atom. The summed E-state index contributed by atoms with van der Waals surface area (Å²) in [5.74, 6) is -1.06. The van der Waals surface area contributed by atoms with E-state index in [1.807, 2.05) is 0 Å². The summed E-state index contributed by atoms with van der Waals surface area (Å²) in [4.78, 5) is 15.7. The van der Waals surface area contributed by atoms with Crippen LogP contribution in [0.1, 0.15) is 24.2 Å². The first-order chi connectivity index (χ1) is 10.5. The second-order valence-corrected chi connectivity index (χ2v) is 4.83. The molecule has 2 rings (SSSR count). The largest absolute Gasteiger partial charge is 0.494 e. The van der Waals surface area contributed by atoms with Crippen molar-refractivity contribution in [3.05, 3.63) is 59.4 Å². The average molecular weight is 306 g/mol. The smallest absolute Gasteiger partial charge is 0.226 e. The molecule has 0 saturated carbocycles. The Balaban J connectivity index is 1.98. The molecule has 1 aromatic carbocycles. The third-order valence-corrected chi connectivity index (χ3v) is 3.18. The lowest BCUT2D eigenvalue weighted by Gasteiger charge is -2.15. The second kappa shape index (κ2) is 6.98. The van der Waals surface area contributed by atoms with Gasteiger partial charge < -0.3 is 10.1 Å². The van der Waals surface area contributed by atoms with Crippen molar-refractivity contribution in [3.63, 3.8) is 0 Å². The molecule has 0 aliphatic carbocycles. The third kappa shape index (κ3) is 4.00. The van der Waals surface area contributed by atoms with Gasteiger partial charge in [0.25, 0.3) is 0 Å². The van der Waals surface area contributed by atoms with Gasteiger partial charge in [0.2, 0.25) is 5.91 Å². The molecular weight excluding hydrogens is 290 g/mol. The van der Waals surface area contributed by atoms with Gasteiger partial charge in [-0.2, -0.15) is 0 Å². The highest BCUT2D eigenvalue weighted by Crippen LogP contribution is 2.21. The molecule has 1 atom stereocenters. The maximum atomic E-state index is 13.6. The summed E-state index contributed by atoms with van der Waals surface area (Å²) in [5, 5.41) is 2.74.